The van der Waals surface area contributed by atoms with Crippen LogP contribution in [0.25, 0.3) is 10.9 Å². The summed E-state index contributed by atoms with van der Waals surface area (Å²) in [4.78, 5) is 2.78. The maximum Gasteiger partial charge on any atom is 0.0507 e. The fourth-order valence-corrected chi connectivity index (χ4v) is 6.60. The minimum absolute atomic E-state index is 0.585. The van der Waals surface area contributed by atoms with Gasteiger partial charge in [-0.3, -0.25) is 4.90 Å². The zero-order chi connectivity index (χ0) is 19.9. The van der Waals surface area contributed by atoms with Gasteiger partial charge in [0.15, 0.2) is 0 Å². The van der Waals surface area contributed by atoms with Crippen LogP contribution in [-0.4, -0.2) is 16.0 Å². The van der Waals surface area contributed by atoms with E-state index in [0.29, 0.717) is 6.04 Å². The summed E-state index contributed by atoms with van der Waals surface area (Å²) < 4.78 is 2.71. The molecule has 0 radical (unpaired) electrons. The zero-order valence-electron chi connectivity index (χ0n) is 18.2. The number of aromatic nitrogens is 1. The molecule has 3 aliphatic rings. The molecule has 30 heavy (non-hydrogen) atoms. The van der Waals surface area contributed by atoms with Crippen molar-refractivity contribution < 1.29 is 0 Å². The van der Waals surface area contributed by atoms with E-state index >= 15 is 0 Å². The van der Waals surface area contributed by atoms with E-state index in [2.05, 4.69) is 58.0 Å². The Labute approximate surface area is 180 Å². The maximum atomic E-state index is 2.78. The number of hydrogen-bond donors (Lipinski definition) is 0. The highest BCUT2D eigenvalue weighted by atomic mass is 15.2. The lowest BCUT2D eigenvalue weighted by molar-refractivity contribution is 0.173. The van der Waals surface area contributed by atoms with Crippen LogP contribution in [0.5, 0.6) is 0 Å². The molecule has 3 aromatic rings. The molecule has 1 fully saturated rings. The van der Waals surface area contributed by atoms with Crippen LogP contribution in [0.2, 0.25) is 0 Å². The summed E-state index contributed by atoms with van der Waals surface area (Å²) in [6.07, 6.45) is 12.2. The lowest BCUT2D eigenvalue weighted by Crippen LogP contribution is -2.30. The molecule has 0 unspecified atom stereocenters. The largest absolute Gasteiger partial charge is 0.343 e. The van der Waals surface area contributed by atoms with Gasteiger partial charge in [-0.2, -0.15) is 0 Å². The second kappa shape index (κ2) is 7.89. The Balaban J connectivity index is 1.41. The highest BCUT2D eigenvalue weighted by Crippen LogP contribution is 2.44. The third-order valence-corrected chi connectivity index (χ3v) is 8.03. The third kappa shape index (κ3) is 3.21. The minimum atomic E-state index is 0.585. The average Bonchev–Trinajstić information content (AvgIpc) is 3.01. The Morgan fingerprint density at radius 2 is 1.67 bits per heavy atom. The highest BCUT2D eigenvalue weighted by Gasteiger charge is 2.33. The molecule has 0 amide bonds. The van der Waals surface area contributed by atoms with Crippen LogP contribution in [0.15, 0.2) is 48.5 Å². The van der Waals surface area contributed by atoms with Gasteiger partial charge in [-0.1, -0.05) is 55.7 Å². The standard InChI is InChI=1S/C28H34N2/c1-3-9-21(10-4-1)20-29-17-8-18-30-26-16-15-23(22-11-5-2-6-12-22)19-25(26)24-13-7-14-27(29)28(24)30/h1,3-4,9-10,15-16,19,22,27H,2,5-8,11-14,17-18,20H2/t27-/m0/s1. The van der Waals surface area contributed by atoms with Gasteiger partial charge in [-0.15, -0.1) is 0 Å². The lowest BCUT2D eigenvalue weighted by atomic mass is 9.83. The van der Waals surface area contributed by atoms with Gasteiger partial charge >= 0.3 is 0 Å². The maximum absolute atomic E-state index is 2.78. The molecule has 0 spiro atoms. The smallest absolute Gasteiger partial charge is 0.0507 e. The predicted molar refractivity (Wildman–Crippen MR) is 125 cm³/mol. The number of benzene rings is 2. The number of nitrogens with zero attached hydrogens (tertiary/aromatic N) is 2. The zero-order valence-corrected chi connectivity index (χ0v) is 18.2. The van der Waals surface area contributed by atoms with E-state index in [9.17, 15) is 0 Å². The normalized spacial score (nSPS) is 22.7. The molecule has 2 heterocycles. The van der Waals surface area contributed by atoms with Gasteiger partial charge in [0.25, 0.3) is 0 Å². The van der Waals surface area contributed by atoms with Crippen LogP contribution < -0.4 is 0 Å². The van der Waals surface area contributed by atoms with Crippen molar-refractivity contribution >= 4 is 10.9 Å². The van der Waals surface area contributed by atoms with Gasteiger partial charge in [0.2, 0.25) is 0 Å². The Kier molecular flexibility index (Phi) is 4.91. The van der Waals surface area contributed by atoms with E-state index in [1.54, 1.807) is 22.2 Å². The molecule has 2 heteroatoms. The highest BCUT2D eigenvalue weighted by molar-refractivity contribution is 5.87. The molecule has 2 aliphatic carbocycles. The molecule has 1 aromatic heterocycles. The fraction of sp³-hybridized carbons (Fsp3) is 0.500. The van der Waals surface area contributed by atoms with Gasteiger partial charge < -0.3 is 4.57 Å². The van der Waals surface area contributed by atoms with Crippen molar-refractivity contribution in [2.45, 2.75) is 82.8 Å². The summed E-state index contributed by atoms with van der Waals surface area (Å²) in [7, 11) is 0. The first-order chi connectivity index (χ1) is 14.9. The van der Waals surface area contributed by atoms with Crippen molar-refractivity contribution in [3.05, 3.63) is 70.9 Å². The summed E-state index contributed by atoms with van der Waals surface area (Å²) >= 11 is 0. The van der Waals surface area contributed by atoms with Gasteiger partial charge in [-0.25, -0.2) is 0 Å². The number of aryl methyl sites for hydroxylation is 2. The number of rotatable bonds is 3. The summed E-state index contributed by atoms with van der Waals surface area (Å²) in [6.45, 7) is 3.47. The number of hydrogen-bond acceptors (Lipinski definition) is 1. The van der Waals surface area contributed by atoms with E-state index in [4.69, 9.17) is 0 Å². The first-order valence-electron chi connectivity index (χ1n) is 12.3. The summed E-state index contributed by atoms with van der Waals surface area (Å²) in [5, 5.41) is 1.58. The van der Waals surface area contributed by atoms with Crippen LogP contribution >= 0.6 is 0 Å². The van der Waals surface area contributed by atoms with Crippen molar-refractivity contribution in [3.8, 4) is 0 Å². The minimum Gasteiger partial charge on any atom is -0.343 e. The molecule has 1 atom stereocenters. The molecule has 0 bridgehead atoms. The quantitative estimate of drug-likeness (QED) is 0.462. The lowest BCUT2D eigenvalue weighted by Gasteiger charge is -2.33. The van der Waals surface area contributed by atoms with E-state index < -0.39 is 0 Å². The Morgan fingerprint density at radius 1 is 0.800 bits per heavy atom. The molecular weight excluding hydrogens is 364 g/mol. The molecular formula is C28H34N2. The van der Waals surface area contributed by atoms with Gasteiger partial charge in [-0.05, 0) is 73.3 Å². The first kappa shape index (κ1) is 18.7. The van der Waals surface area contributed by atoms with Crippen LogP contribution in [0, 0.1) is 0 Å². The van der Waals surface area contributed by atoms with Gasteiger partial charge in [0.05, 0.1) is 6.04 Å². The first-order valence-corrected chi connectivity index (χ1v) is 12.3. The molecule has 0 saturated heterocycles. The van der Waals surface area contributed by atoms with Crippen molar-refractivity contribution in [2.24, 2.45) is 0 Å². The van der Waals surface area contributed by atoms with Crippen LogP contribution in [0.4, 0.5) is 0 Å². The second-order valence-corrected chi connectivity index (χ2v) is 9.84. The van der Waals surface area contributed by atoms with E-state index in [0.717, 1.165) is 12.5 Å². The molecule has 0 N–H and O–H groups in total. The van der Waals surface area contributed by atoms with Crippen LogP contribution in [0.3, 0.4) is 0 Å². The van der Waals surface area contributed by atoms with Crippen molar-refractivity contribution in [1.82, 2.24) is 9.47 Å². The van der Waals surface area contributed by atoms with Crippen LogP contribution in [-0.2, 0) is 19.5 Å². The summed E-state index contributed by atoms with van der Waals surface area (Å²) in [6, 6.07) is 19.2. The topological polar surface area (TPSA) is 8.17 Å². The fourth-order valence-electron chi connectivity index (χ4n) is 6.60. The SMILES string of the molecule is c1ccc(CN2CCCn3c4c(c5cc(C6CCCCC6)ccc53)CCC[C@@H]42)cc1. The number of fused-ring (bicyclic) bond motifs is 3. The molecule has 2 nitrogen and oxygen atoms in total. The Hall–Kier alpha value is -2.06. The third-order valence-electron chi connectivity index (χ3n) is 8.03. The molecule has 1 aliphatic heterocycles. The van der Waals surface area contributed by atoms with Crippen molar-refractivity contribution in [3.63, 3.8) is 0 Å². The average molecular weight is 399 g/mol. The Bertz CT molecular complexity index is 1030. The summed E-state index contributed by atoms with van der Waals surface area (Å²) in [5.74, 6) is 0.795. The molecule has 156 valence electrons. The van der Waals surface area contributed by atoms with E-state index in [-0.39, 0.29) is 0 Å². The van der Waals surface area contributed by atoms with Gasteiger partial charge in [0, 0.05) is 36.2 Å². The molecule has 1 saturated carbocycles. The molecule has 2 aromatic carbocycles. The van der Waals surface area contributed by atoms with E-state index in [1.807, 2.05) is 0 Å². The second-order valence-electron chi connectivity index (χ2n) is 9.84. The Morgan fingerprint density at radius 3 is 2.53 bits per heavy atom. The van der Waals surface area contributed by atoms with Crippen LogP contribution in [0.1, 0.15) is 85.7 Å². The monoisotopic (exact) mass is 398 g/mol. The molecule has 6 rings (SSSR count). The summed E-state index contributed by atoms with van der Waals surface area (Å²) in [5.41, 5.74) is 7.91. The van der Waals surface area contributed by atoms with Crippen molar-refractivity contribution in [2.75, 3.05) is 6.54 Å². The van der Waals surface area contributed by atoms with Gasteiger partial charge in [0.1, 0.15) is 0 Å². The predicted octanol–water partition coefficient (Wildman–Crippen LogP) is 6.97. The van der Waals surface area contributed by atoms with Crippen molar-refractivity contribution in [1.29, 1.82) is 0 Å². The van der Waals surface area contributed by atoms with E-state index in [1.165, 1.54) is 82.0 Å².